The largest absolute Gasteiger partial charge is 0.352 e. The van der Waals surface area contributed by atoms with Gasteiger partial charge < -0.3 is 16.0 Å². The molecule has 0 radical (unpaired) electrons. The Balaban J connectivity index is 1.52. The second-order valence-corrected chi connectivity index (χ2v) is 9.46. The van der Waals surface area contributed by atoms with Crippen LogP contribution in [0.1, 0.15) is 58.4 Å². The summed E-state index contributed by atoms with van der Waals surface area (Å²) in [5.74, 6) is -1.25. The highest BCUT2D eigenvalue weighted by Crippen LogP contribution is 2.26. The Morgan fingerprint density at radius 3 is 2.23 bits per heavy atom. The monoisotopic (exact) mass is 486 g/mol. The van der Waals surface area contributed by atoms with Crippen molar-refractivity contribution in [2.75, 3.05) is 19.6 Å². The fourth-order valence-electron chi connectivity index (χ4n) is 4.05. The lowest BCUT2D eigenvalue weighted by Crippen LogP contribution is -2.44. The van der Waals surface area contributed by atoms with E-state index in [0.29, 0.717) is 32.2 Å². The zero-order valence-electron chi connectivity index (χ0n) is 21.0. The number of imide groups is 1. The average Bonchev–Trinajstić information content (AvgIpc) is 3.10. The number of likely N-dealkylation sites (tertiary alicyclic amines) is 1. The highest BCUT2D eigenvalue weighted by molar-refractivity contribution is 6.03. The van der Waals surface area contributed by atoms with E-state index in [1.165, 1.54) is 4.90 Å². The average molecular weight is 487 g/mol. The third-order valence-electron chi connectivity index (χ3n) is 6.05. The molecule has 1 saturated heterocycles. The van der Waals surface area contributed by atoms with Gasteiger partial charge in [0.25, 0.3) is 0 Å². The van der Waals surface area contributed by atoms with Crippen LogP contribution in [0, 0.1) is 11.8 Å². The van der Waals surface area contributed by atoms with Crippen LogP contribution >= 0.6 is 0 Å². The number of carbonyl (C=O) groups is 5. The van der Waals surface area contributed by atoms with Crippen molar-refractivity contribution >= 4 is 29.5 Å². The number of rotatable bonds is 14. The number of benzene rings is 1. The third kappa shape index (κ3) is 9.88. The molecular formula is C26H38N4O5. The lowest BCUT2D eigenvalue weighted by molar-refractivity contribution is -0.140. The number of hydrogen-bond acceptors (Lipinski definition) is 5. The summed E-state index contributed by atoms with van der Waals surface area (Å²) in [6.45, 7) is 5.83. The molecule has 0 saturated carbocycles. The number of hydrogen-bond donors (Lipinski definition) is 3. The van der Waals surface area contributed by atoms with Gasteiger partial charge in [0.2, 0.25) is 29.5 Å². The van der Waals surface area contributed by atoms with E-state index in [2.05, 4.69) is 16.0 Å². The highest BCUT2D eigenvalue weighted by Gasteiger charge is 2.39. The molecular weight excluding hydrogens is 448 g/mol. The fourth-order valence-corrected chi connectivity index (χ4v) is 4.05. The van der Waals surface area contributed by atoms with Gasteiger partial charge in [-0.2, -0.15) is 0 Å². The van der Waals surface area contributed by atoms with Gasteiger partial charge in [-0.3, -0.25) is 28.9 Å². The molecule has 5 amide bonds. The minimum Gasteiger partial charge on any atom is -0.352 e. The normalized spacial score (nSPS) is 16.3. The predicted molar refractivity (Wildman–Crippen MR) is 132 cm³/mol. The fraction of sp³-hybridized carbons (Fsp3) is 0.577. The standard InChI is InChI=1S/C26H38N4O5/c1-18(2)21-15-25(34)30(26(21)35)13-9-5-8-12-22(31)27-16-23(32)28-17-24(33)29-19(3)14-20-10-6-4-7-11-20/h4,6-7,10-11,18-19,21H,5,8-9,12-17H2,1-3H3,(H,27,31)(H,28,32)(H,29,33). The van der Waals surface area contributed by atoms with Crippen molar-refractivity contribution in [1.82, 2.24) is 20.9 Å². The molecule has 9 nitrogen and oxygen atoms in total. The molecule has 2 rings (SSSR count). The van der Waals surface area contributed by atoms with Gasteiger partial charge in [0.1, 0.15) is 0 Å². The number of amides is 5. The maximum absolute atomic E-state index is 12.3. The van der Waals surface area contributed by atoms with Crippen LogP contribution in [0.25, 0.3) is 0 Å². The quantitative estimate of drug-likeness (QED) is 0.272. The molecule has 0 bridgehead atoms. The summed E-state index contributed by atoms with van der Waals surface area (Å²) in [7, 11) is 0. The summed E-state index contributed by atoms with van der Waals surface area (Å²) in [6.07, 6.45) is 3.17. The molecule has 1 heterocycles. The van der Waals surface area contributed by atoms with E-state index >= 15 is 0 Å². The van der Waals surface area contributed by atoms with Crippen molar-refractivity contribution in [3.63, 3.8) is 0 Å². The maximum Gasteiger partial charge on any atom is 0.239 e. The van der Waals surface area contributed by atoms with E-state index in [1.807, 2.05) is 51.1 Å². The zero-order chi connectivity index (χ0) is 25.8. The number of carbonyl (C=O) groups excluding carboxylic acids is 5. The van der Waals surface area contributed by atoms with Crippen LogP contribution in [0.4, 0.5) is 0 Å². The molecule has 192 valence electrons. The van der Waals surface area contributed by atoms with Crippen LogP contribution in [0.3, 0.4) is 0 Å². The van der Waals surface area contributed by atoms with Crippen LogP contribution in [0.5, 0.6) is 0 Å². The van der Waals surface area contributed by atoms with E-state index in [4.69, 9.17) is 0 Å². The summed E-state index contributed by atoms with van der Waals surface area (Å²) in [4.78, 5) is 61.5. The first-order valence-corrected chi connectivity index (χ1v) is 12.4. The third-order valence-corrected chi connectivity index (χ3v) is 6.05. The van der Waals surface area contributed by atoms with Crippen LogP contribution in [-0.2, 0) is 30.4 Å². The van der Waals surface area contributed by atoms with E-state index < -0.39 is 5.91 Å². The number of nitrogens with one attached hydrogen (secondary N) is 3. The molecule has 0 spiro atoms. The first-order chi connectivity index (χ1) is 16.7. The zero-order valence-corrected chi connectivity index (χ0v) is 21.0. The van der Waals surface area contributed by atoms with E-state index in [9.17, 15) is 24.0 Å². The molecule has 3 N–H and O–H groups in total. The van der Waals surface area contributed by atoms with Crippen molar-refractivity contribution < 1.29 is 24.0 Å². The SMILES string of the molecule is CC(Cc1ccccc1)NC(=O)CNC(=O)CNC(=O)CCCCCN1C(=O)CC(C(C)C)C1=O. The van der Waals surface area contributed by atoms with Gasteiger partial charge >= 0.3 is 0 Å². The topological polar surface area (TPSA) is 125 Å². The highest BCUT2D eigenvalue weighted by atomic mass is 16.2. The van der Waals surface area contributed by atoms with Crippen molar-refractivity contribution in [2.24, 2.45) is 11.8 Å². The van der Waals surface area contributed by atoms with Gasteiger partial charge in [0.05, 0.1) is 13.1 Å². The molecule has 35 heavy (non-hydrogen) atoms. The van der Waals surface area contributed by atoms with Crippen LogP contribution in [0.2, 0.25) is 0 Å². The Hall–Kier alpha value is -3.23. The van der Waals surface area contributed by atoms with Gasteiger partial charge in [0, 0.05) is 31.3 Å². The van der Waals surface area contributed by atoms with Gasteiger partial charge in [-0.05, 0) is 37.7 Å². The first-order valence-electron chi connectivity index (χ1n) is 12.4. The molecule has 1 aliphatic rings. The van der Waals surface area contributed by atoms with Gasteiger partial charge in [0.15, 0.2) is 0 Å². The number of unbranched alkanes of at least 4 members (excludes halogenated alkanes) is 2. The Morgan fingerprint density at radius 2 is 1.57 bits per heavy atom. The molecule has 2 atom stereocenters. The smallest absolute Gasteiger partial charge is 0.239 e. The summed E-state index contributed by atoms with van der Waals surface area (Å²) in [6, 6.07) is 9.73. The molecule has 1 fully saturated rings. The van der Waals surface area contributed by atoms with Crippen LogP contribution in [-0.4, -0.2) is 60.1 Å². The van der Waals surface area contributed by atoms with Gasteiger partial charge in [-0.15, -0.1) is 0 Å². The summed E-state index contributed by atoms with van der Waals surface area (Å²) < 4.78 is 0. The minimum absolute atomic E-state index is 0.0696. The van der Waals surface area contributed by atoms with E-state index in [-0.39, 0.29) is 67.4 Å². The van der Waals surface area contributed by atoms with Crippen molar-refractivity contribution in [1.29, 1.82) is 0 Å². The van der Waals surface area contributed by atoms with Crippen molar-refractivity contribution in [3.05, 3.63) is 35.9 Å². The molecule has 0 aromatic heterocycles. The number of nitrogens with zero attached hydrogens (tertiary/aromatic N) is 1. The molecule has 9 heteroatoms. The van der Waals surface area contributed by atoms with Crippen molar-refractivity contribution in [2.45, 2.75) is 65.3 Å². The second-order valence-electron chi connectivity index (χ2n) is 9.46. The minimum atomic E-state index is -0.435. The Labute approximate surface area is 207 Å². The Bertz CT molecular complexity index is 887. The lowest BCUT2D eigenvalue weighted by Gasteiger charge is -2.16. The lowest BCUT2D eigenvalue weighted by atomic mass is 9.94. The predicted octanol–water partition coefficient (Wildman–Crippen LogP) is 1.56. The van der Waals surface area contributed by atoms with Crippen molar-refractivity contribution in [3.8, 4) is 0 Å². The summed E-state index contributed by atoms with van der Waals surface area (Å²) >= 11 is 0. The van der Waals surface area contributed by atoms with Crippen LogP contribution < -0.4 is 16.0 Å². The molecule has 2 unspecified atom stereocenters. The van der Waals surface area contributed by atoms with Gasteiger partial charge in [-0.25, -0.2) is 0 Å². The first kappa shape index (κ1) is 28.0. The molecule has 1 aromatic rings. The summed E-state index contributed by atoms with van der Waals surface area (Å²) in [5.41, 5.74) is 1.12. The second kappa shape index (κ2) is 14.2. The Kier molecular flexibility index (Phi) is 11.4. The Morgan fingerprint density at radius 1 is 0.914 bits per heavy atom. The summed E-state index contributed by atoms with van der Waals surface area (Å²) in [5, 5.41) is 7.88. The van der Waals surface area contributed by atoms with Crippen LogP contribution in [0.15, 0.2) is 30.3 Å². The molecule has 1 aliphatic heterocycles. The van der Waals surface area contributed by atoms with Gasteiger partial charge in [-0.1, -0.05) is 50.6 Å². The van der Waals surface area contributed by atoms with E-state index in [1.54, 1.807) is 0 Å². The molecule has 0 aliphatic carbocycles. The molecule has 1 aromatic carbocycles. The van der Waals surface area contributed by atoms with E-state index in [0.717, 1.165) is 5.56 Å². The maximum atomic E-state index is 12.3.